The Morgan fingerprint density at radius 2 is 1.71 bits per heavy atom. The molecule has 1 saturated heterocycles. The van der Waals surface area contributed by atoms with Gasteiger partial charge in [-0.05, 0) is 31.7 Å². The summed E-state index contributed by atoms with van der Waals surface area (Å²) in [5, 5.41) is 2.85. The summed E-state index contributed by atoms with van der Waals surface area (Å²) in [5.41, 5.74) is 0.470. The first-order valence-electron chi connectivity index (χ1n) is 9.69. The molecule has 0 saturated carbocycles. The van der Waals surface area contributed by atoms with Crippen molar-refractivity contribution in [2.45, 2.75) is 47.0 Å². The van der Waals surface area contributed by atoms with E-state index >= 15 is 0 Å². The molecule has 152 valence electrons. The second kappa shape index (κ2) is 7.81. The van der Waals surface area contributed by atoms with Crippen molar-refractivity contribution in [3.8, 4) is 11.5 Å². The number of ketones is 1. The first-order chi connectivity index (χ1) is 13.1. The Labute approximate surface area is 165 Å². The molecule has 0 bridgehead atoms. The van der Waals surface area contributed by atoms with Crippen LogP contribution in [0.5, 0.6) is 11.5 Å². The van der Waals surface area contributed by atoms with Crippen LogP contribution in [-0.4, -0.2) is 42.4 Å². The molecule has 1 aromatic carbocycles. The van der Waals surface area contributed by atoms with E-state index < -0.39 is 0 Å². The highest BCUT2D eigenvalue weighted by molar-refractivity contribution is 6.04. The van der Waals surface area contributed by atoms with Crippen molar-refractivity contribution in [2.75, 3.05) is 25.2 Å². The van der Waals surface area contributed by atoms with Gasteiger partial charge in [-0.2, -0.15) is 0 Å². The van der Waals surface area contributed by atoms with Crippen molar-refractivity contribution in [1.82, 2.24) is 4.90 Å². The number of Topliss-reactive ketones (excluding diaryl/α,β-unsaturated/α-hetero) is 1. The summed E-state index contributed by atoms with van der Waals surface area (Å²) in [7, 11) is 0. The average Bonchev–Trinajstić information content (AvgIpc) is 3.07. The Hall–Kier alpha value is -2.57. The fraction of sp³-hybridized carbons (Fsp3) is 0.571. The summed E-state index contributed by atoms with van der Waals surface area (Å²) >= 11 is 0. The fourth-order valence-electron chi connectivity index (χ4n) is 3.61. The minimum Gasteiger partial charge on any atom is -0.454 e. The van der Waals surface area contributed by atoms with Crippen molar-refractivity contribution in [2.24, 2.45) is 11.3 Å². The van der Waals surface area contributed by atoms with Crippen LogP contribution in [0.2, 0.25) is 0 Å². The van der Waals surface area contributed by atoms with Gasteiger partial charge in [-0.15, -0.1) is 0 Å². The summed E-state index contributed by atoms with van der Waals surface area (Å²) in [5.74, 6) is 1.12. The molecule has 7 nitrogen and oxygen atoms in total. The van der Waals surface area contributed by atoms with Crippen molar-refractivity contribution in [1.29, 1.82) is 0 Å². The van der Waals surface area contributed by atoms with E-state index in [9.17, 15) is 14.4 Å². The minimum atomic E-state index is -0.382. The van der Waals surface area contributed by atoms with Gasteiger partial charge in [0.05, 0.1) is 5.69 Å². The van der Waals surface area contributed by atoms with Crippen LogP contribution in [0, 0.1) is 11.3 Å². The number of fused-ring (bicyclic) bond motifs is 1. The number of likely N-dealkylation sites (tertiary alicyclic amines) is 1. The molecule has 2 aliphatic heterocycles. The Kier molecular flexibility index (Phi) is 5.63. The first kappa shape index (κ1) is 20.2. The smallest absolute Gasteiger partial charge is 0.231 e. The zero-order valence-electron chi connectivity index (χ0n) is 17.0. The van der Waals surface area contributed by atoms with Crippen molar-refractivity contribution in [3.05, 3.63) is 17.7 Å². The van der Waals surface area contributed by atoms with Gasteiger partial charge in [0, 0.05) is 36.6 Å². The van der Waals surface area contributed by atoms with E-state index in [1.165, 1.54) is 6.92 Å². The lowest BCUT2D eigenvalue weighted by molar-refractivity contribution is -0.140. The third kappa shape index (κ3) is 4.46. The Bertz CT molecular complexity index is 789. The number of rotatable bonds is 4. The summed E-state index contributed by atoms with van der Waals surface area (Å²) in [6.07, 6.45) is 1.97. The van der Waals surface area contributed by atoms with Gasteiger partial charge in [0.2, 0.25) is 18.6 Å². The summed E-state index contributed by atoms with van der Waals surface area (Å²) in [6.45, 7) is 8.69. The Balaban J connectivity index is 1.59. The number of piperidine rings is 1. The zero-order chi connectivity index (χ0) is 20.5. The van der Waals surface area contributed by atoms with Gasteiger partial charge in [-0.25, -0.2) is 0 Å². The molecule has 0 unspecified atom stereocenters. The number of nitrogens with zero attached hydrogens (tertiary/aromatic N) is 1. The van der Waals surface area contributed by atoms with Gasteiger partial charge in [0.1, 0.15) is 0 Å². The Morgan fingerprint density at radius 3 is 2.29 bits per heavy atom. The van der Waals surface area contributed by atoms with E-state index in [4.69, 9.17) is 9.47 Å². The molecule has 0 atom stereocenters. The molecule has 0 aliphatic carbocycles. The largest absolute Gasteiger partial charge is 0.454 e. The van der Waals surface area contributed by atoms with Gasteiger partial charge in [-0.1, -0.05) is 20.8 Å². The van der Waals surface area contributed by atoms with E-state index in [2.05, 4.69) is 5.32 Å². The molecule has 7 heteroatoms. The predicted molar refractivity (Wildman–Crippen MR) is 105 cm³/mol. The molecule has 3 rings (SSSR count). The first-order valence-corrected chi connectivity index (χ1v) is 9.69. The van der Waals surface area contributed by atoms with Gasteiger partial charge in [0.25, 0.3) is 0 Å². The van der Waals surface area contributed by atoms with Gasteiger partial charge in [0.15, 0.2) is 17.3 Å². The Morgan fingerprint density at radius 1 is 1.11 bits per heavy atom. The average molecular weight is 388 g/mol. The van der Waals surface area contributed by atoms with Crippen molar-refractivity contribution >= 4 is 23.3 Å². The van der Waals surface area contributed by atoms with Gasteiger partial charge < -0.3 is 19.7 Å². The molecule has 0 radical (unpaired) electrons. The fourth-order valence-corrected chi connectivity index (χ4v) is 3.61. The van der Waals surface area contributed by atoms with E-state index in [1.807, 2.05) is 25.7 Å². The molecule has 2 amide bonds. The van der Waals surface area contributed by atoms with Crippen LogP contribution in [0.3, 0.4) is 0 Å². The molecular formula is C21H28N2O5. The van der Waals surface area contributed by atoms with Crippen LogP contribution < -0.4 is 14.8 Å². The maximum absolute atomic E-state index is 12.6. The molecule has 1 aromatic rings. The van der Waals surface area contributed by atoms with Crippen LogP contribution in [0.1, 0.15) is 57.3 Å². The normalized spacial score (nSPS) is 16.8. The van der Waals surface area contributed by atoms with Crippen LogP contribution in [0.25, 0.3) is 0 Å². The predicted octanol–water partition coefficient (Wildman–Crippen LogP) is 3.23. The van der Waals surface area contributed by atoms with Crippen LogP contribution >= 0.6 is 0 Å². The highest BCUT2D eigenvalue weighted by Gasteiger charge is 2.31. The number of benzene rings is 1. The molecular weight excluding hydrogens is 360 g/mol. The molecule has 0 spiro atoms. The van der Waals surface area contributed by atoms with E-state index in [1.54, 1.807) is 12.1 Å². The number of carbonyl (C=O) groups excluding carboxylic acids is 3. The van der Waals surface area contributed by atoms with Crippen LogP contribution in [0.15, 0.2) is 12.1 Å². The number of amides is 2. The molecule has 1 N–H and O–H groups in total. The van der Waals surface area contributed by atoms with E-state index in [0.717, 1.165) is 12.8 Å². The van der Waals surface area contributed by atoms with Crippen molar-refractivity contribution in [3.63, 3.8) is 0 Å². The molecule has 0 aromatic heterocycles. The van der Waals surface area contributed by atoms with Crippen LogP contribution in [0.4, 0.5) is 5.69 Å². The lowest BCUT2D eigenvalue weighted by Gasteiger charge is -2.35. The third-order valence-electron chi connectivity index (χ3n) is 5.18. The summed E-state index contributed by atoms with van der Waals surface area (Å²) in [6, 6.07) is 3.25. The van der Waals surface area contributed by atoms with Crippen molar-refractivity contribution < 1.29 is 23.9 Å². The van der Waals surface area contributed by atoms with Crippen LogP contribution in [-0.2, 0) is 9.59 Å². The second-order valence-electron chi connectivity index (χ2n) is 8.55. The molecule has 2 heterocycles. The third-order valence-corrected chi connectivity index (χ3v) is 5.18. The quantitative estimate of drug-likeness (QED) is 0.801. The minimum absolute atomic E-state index is 0.107. The summed E-state index contributed by atoms with van der Waals surface area (Å²) < 4.78 is 10.6. The highest BCUT2D eigenvalue weighted by atomic mass is 16.7. The number of ether oxygens (including phenoxy) is 2. The second-order valence-corrected chi connectivity index (χ2v) is 8.55. The lowest BCUT2D eigenvalue weighted by Crippen LogP contribution is -2.44. The molecule has 28 heavy (non-hydrogen) atoms. The summed E-state index contributed by atoms with van der Waals surface area (Å²) in [4.78, 5) is 38.8. The number of carbonyl (C=O) groups is 3. The number of nitrogens with one attached hydrogen (secondary N) is 1. The number of hydrogen-bond acceptors (Lipinski definition) is 5. The standard InChI is InChI=1S/C21H28N2O5/c1-13(24)15-10-17-18(28-12-27-17)11-16(15)22-19(25)9-14-5-7-23(8-6-14)20(26)21(2,3)4/h10-11,14H,5-9,12H2,1-4H3,(H,22,25). The molecule has 2 aliphatic rings. The zero-order valence-corrected chi connectivity index (χ0v) is 17.0. The lowest BCUT2D eigenvalue weighted by atomic mass is 9.89. The monoisotopic (exact) mass is 388 g/mol. The van der Waals surface area contributed by atoms with Gasteiger partial charge >= 0.3 is 0 Å². The van der Waals surface area contributed by atoms with E-state index in [0.29, 0.717) is 42.3 Å². The van der Waals surface area contributed by atoms with Gasteiger partial charge in [-0.3, -0.25) is 14.4 Å². The van der Waals surface area contributed by atoms with E-state index in [-0.39, 0.29) is 35.7 Å². The number of hydrogen-bond donors (Lipinski definition) is 1. The maximum Gasteiger partial charge on any atom is 0.231 e. The maximum atomic E-state index is 12.6. The topological polar surface area (TPSA) is 84.9 Å². The number of anilines is 1. The SMILES string of the molecule is CC(=O)c1cc2c(cc1NC(=O)CC1CCN(C(=O)C(C)(C)C)CC1)OCO2. The molecule has 1 fully saturated rings. The highest BCUT2D eigenvalue weighted by Crippen LogP contribution is 2.37.